The highest BCUT2D eigenvalue weighted by Crippen LogP contribution is 2.32. The molecule has 2 aromatic rings. The maximum Gasteiger partial charge on any atom is 0.219 e. The number of hydrogen-bond acceptors (Lipinski definition) is 4. The summed E-state index contributed by atoms with van der Waals surface area (Å²) in [6, 6.07) is 11.1. The van der Waals surface area contributed by atoms with Gasteiger partial charge in [-0.1, -0.05) is 12.1 Å². The first-order chi connectivity index (χ1) is 9.78. The number of ether oxygens (including phenoxy) is 2. The van der Waals surface area contributed by atoms with E-state index in [0.717, 1.165) is 24.2 Å². The number of aromatic nitrogens is 1. The summed E-state index contributed by atoms with van der Waals surface area (Å²) in [4.78, 5) is 4.11. The van der Waals surface area contributed by atoms with Crippen LogP contribution in [0, 0.1) is 0 Å². The molecule has 1 aromatic heterocycles. The molecule has 3 rings (SSSR count). The Kier molecular flexibility index (Phi) is 3.56. The van der Waals surface area contributed by atoms with Crippen molar-refractivity contribution in [2.75, 3.05) is 7.11 Å². The largest absolute Gasteiger partial charge is 0.490 e. The van der Waals surface area contributed by atoms with E-state index < -0.39 is 6.10 Å². The lowest BCUT2D eigenvalue weighted by atomic mass is 10.0. The van der Waals surface area contributed by atoms with Gasteiger partial charge in [0.1, 0.15) is 11.9 Å². The van der Waals surface area contributed by atoms with Gasteiger partial charge in [0.15, 0.2) is 0 Å². The van der Waals surface area contributed by atoms with E-state index in [2.05, 4.69) is 4.98 Å². The molecular formula is C16H17NO3. The van der Waals surface area contributed by atoms with Crippen LogP contribution < -0.4 is 9.47 Å². The van der Waals surface area contributed by atoms with Crippen LogP contribution >= 0.6 is 0 Å². The molecule has 104 valence electrons. The summed E-state index contributed by atoms with van der Waals surface area (Å²) >= 11 is 0. The van der Waals surface area contributed by atoms with Gasteiger partial charge in [-0.2, -0.15) is 0 Å². The number of hydrogen-bond donors (Lipinski definition) is 1. The van der Waals surface area contributed by atoms with E-state index >= 15 is 0 Å². The van der Waals surface area contributed by atoms with Gasteiger partial charge < -0.3 is 14.6 Å². The van der Waals surface area contributed by atoms with Crippen LogP contribution in [0.2, 0.25) is 0 Å². The summed E-state index contributed by atoms with van der Waals surface area (Å²) in [5.74, 6) is 1.24. The van der Waals surface area contributed by atoms with Gasteiger partial charge in [0.25, 0.3) is 0 Å². The van der Waals surface area contributed by atoms with Crippen LogP contribution in [-0.2, 0) is 0 Å². The number of rotatable bonds is 5. The highest BCUT2D eigenvalue weighted by atomic mass is 16.5. The van der Waals surface area contributed by atoms with Crippen LogP contribution in [0.4, 0.5) is 0 Å². The van der Waals surface area contributed by atoms with E-state index in [0.29, 0.717) is 17.5 Å². The highest BCUT2D eigenvalue weighted by molar-refractivity contribution is 5.38. The Morgan fingerprint density at radius 2 is 2.10 bits per heavy atom. The van der Waals surface area contributed by atoms with E-state index in [1.165, 1.54) is 0 Å². The van der Waals surface area contributed by atoms with Crippen LogP contribution in [0.15, 0.2) is 42.6 Å². The van der Waals surface area contributed by atoms with E-state index in [-0.39, 0.29) is 0 Å². The predicted molar refractivity (Wildman–Crippen MR) is 74.9 cm³/mol. The lowest BCUT2D eigenvalue weighted by Gasteiger charge is -2.15. The van der Waals surface area contributed by atoms with E-state index in [1.807, 2.05) is 30.3 Å². The Hall–Kier alpha value is -2.07. The quantitative estimate of drug-likeness (QED) is 0.908. The van der Waals surface area contributed by atoms with E-state index in [9.17, 15) is 5.11 Å². The van der Waals surface area contributed by atoms with Crippen molar-refractivity contribution >= 4 is 0 Å². The number of benzene rings is 1. The highest BCUT2D eigenvalue weighted by Gasteiger charge is 2.24. The predicted octanol–water partition coefficient (Wildman–Crippen LogP) is 2.71. The molecule has 1 N–H and O–H groups in total. The second-order valence-electron chi connectivity index (χ2n) is 4.89. The van der Waals surface area contributed by atoms with Crippen LogP contribution in [0.3, 0.4) is 0 Å². The van der Waals surface area contributed by atoms with Crippen molar-refractivity contribution < 1.29 is 14.6 Å². The van der Waals surface area contributed by atoms with Gasteiger partial charge in [0.2, 0.25) is 5.88 Å². The fraction of sp³-hybridized carbons (Fsp3) is 0.312. The summed E-state index contributed by atoms with van der Waals surface area (Å²) < 4.78 is 10.9. The van der Waals surface area contributed by atoms with E-state index in [1.54, 1.807) is 19.4 Å². The van der Waals surface area contributed by atoms with Crippen molar-refractivity contribution in [1.82, 2.24) is 4.98 Å². The first-order valence-corrected chi connectivity index (χ1v) is 6.71. The number of aliphatic hydroxyl groups excluding tert-OH is 1. The molecule has 0 saturated heterocycles. The van der Waals surface area contributed by atoms with Crippen molar-refractivity contribution in [3.05, 3.63) is 53.7 Å². The molecule has 1 aliphatic carbocycles. The van der Waals surface area contributed by atoms with Gasteiger partial charge in [0.05, 0.1) is 13.2 Å². The van der Waals surface area contributed by atoms with Crippen molar-refractivity contribution in [3.63, 3.8) is 0 Å². The summed E-state index contributed by atoms with van der Waals surface area (Å²) in [6.45, 7) is 0. The van der Waals surface area contributed by atoms with Gasteiger partial charge in [-0.15, -0.1) is 0 Å². The monoisotopic (exact) mass is 271 g/mol. The normalized spacial score (nSPS) is 15.7. The van der Waals surface area contributed by atoms with Gasteiger partial charge in [-0.3, -0.25) is 0 Å². The maximum absolute atomic E-state index is 10.5. The minimum Gasteiger partial charge on any atom is -0.490 e. The Bertz CT molecular complexity index is 596. The summed E-state index contributed by atoms with van der Waals surface area (Å²) in [7, 11) is 1.55. The lowest BCUT2D eigenvalue weighted by molar-refractivity contribution is 0.212. The molecule has 0 spiro atoms. The van der Waals surface area contributed by atoms with Crippen LogP contribution in [0.1, 0.15) is 30.1 Å². The Labute approximate surface area is 118 Å². The molecule has 1 unspecified atom stereocenters. The molecule has 0 amide bonds. The third kappa shape index (κ3) is 2.75. The second-order valence-corrected chi connectivity index (χ2v) is 4.89. The molecule has 20 heavy (non-hydrogen) atoms. The minimum atomic E-state index is -0.776. The maximum atomic E-state index is 10.5. The molecule has 0 bridgehead atoms. The fourth-order valence-corrected chi connectivity index (χ4v) is 2.10. The molecule has 1 aliphatic rings. The molecule has 1 saturated carbocycles. The van der Waals surface area contributed by atoms with Crippen LogP contribution in [0.25, 0.3) is 0 Å². The molecule has 1 atom stereocenters. The van der Waals surface area contributed by atoms with Crippen LogP contribution in [-0.4, -0.2) is 23.3 Å². The van der Waals surface area contributed by atoms with Gasteiger partial charge in [-0.05, 0) is 42.7 Å². The molecule has 1 fully saturated rings. The van der Waals surface area contributed by atoms with Gasteiger partial charge in [0, 0.05) is 11.8 Å². The average Bonchev–Trinajstić information content (AvgIpc) is 3.30. The zero-order chi connectivity index (χ0) is 13.9. The number of methoxy groups -OCH3 is 1. The molecule has 4 nitrogen and oxygen atoms in total. The summed E-state index contributed by atoms with van der Waals surface area (Å²) in [5.41, 5.74) is 1.42. The standard InChI is InChI=1S/C16H17NO3/c1-19-16-14(6-3-9-17-16)15(18)11-4-2-5-13(10-11)20-12-7-8-12/h2-6,9-10,12,15,18H,7-8H2,1H3. The number of nitrogens with zero attached hydrogens (tertiary/aromatic N) is 1. The Balaban J connectivity index is 1.87. The number of aliphatic hydroxyl groups is 1. The molecule has 1 aromatic carbocycles. The molecule has 0 radical (unpaired) electrons. The first kappa shape index (κ1) is 12.9. The zero-order valence-electron chi connectivity index (χ0n) is 11.3. The Morgan fingerprint density at radius 1 is 1.25 bits per heavy atom. The fourth-order valence-electron chi connectivity index (χ4n) is 2.10. The molecule has 4 heteroatoms. The lowest BCUT2D eigenvalue weighted by Crippen LogP contribution is -2.04. The summed E-state index contributed by atoms with van der Waals surface area (Å²) in [6.07, 6.45) is 3.44. The topological polar surface area (TPSA) is 51.6 Å². The average molecular weight is 271 g/mol. The van der Waals surface area contributed by atoms with Gasteiger partial charge >= 0.3 is 0 Å². The second kappa shape index (κ2) is 5.51. The third-order valence-electron chi connectivity index (χ3n) is 3.29. The zero-order valence-corrected chi connectivity index (χ0v) is 11.3. The van der Waals surface area contributed by atoms with Crippen molar-refractivity contribution in [3.8, 4) is 11.6 Å². The van der Waals surface area contributed by atoms with Crippen molar-refractivity contribution in [2.24, 2.45) is 0 Å². The van der Waals surface area contributed by atoms with Gasteiger partial charge in [-0.25, -0.2) is 4.98 Å². The first-order valence-electron chi connectivity index (χ1n) is 6.71. The summed E-state index contributed by atoms with van der Waals surface area (Å²) in [5, 5.41) is 10.5. The van der Waals surface area contributed by atoms with E-state index in [4.69, 9.17) is 9.47 Å². The Morgan fingerprint density at radius 3 is 2.85 bits per heavy atom. The molecular weight excluding hydrogens is 254 g/mol. The smallest absolute Gasteiger partial charge is 0.219 e. The number of pyridine rings is 1. The molecule has 1 heterocycles. The minimum absolute atomic E-state index is 0.343. The molecule has 0 aliphatic heterocycles. The van der Waals surface area contributed by atoms with Crippen molar-refractivity contribution in [2.45, 2.75) is 25.0 Å². The SMILES string of the molecule is COc1ncccc1C(O)c1cccc(OC2CC2)c1. The van der Waals surface area contributed by atoms with Crippen molar-refractivity contribution in [1.29, 1.82) is 0 Å². The third-order valence-corrected chi connectivity index (χ3v) is 3.29. The van der Waals surface area contributed by atoms with Crippen LogP contribution in [0.5, 0.6) is 11.6 Å².